The summed E-state index contributed by atoms with van der Waals surface area (Å²) in [7, 11) is 0. The molecule has 0 spiro atoms. The van der Waals surface area contributed by atoms with Crippen molar-refractivity contribution in [1.29, 1.82) is 0 Å². The van der Waals surface area contributed by atoms with Crippen LogP contribution in [0.4, 0.5) is 4.79 Å². The first-order valence-electron chi connectivity index (χ1n) is 7.34. The standard InChI is InChI=1S/C15H28N2O5/c1-8(2)10(16)12(18)17(11(9(3)4)13(19)20)14(21)22-15(5,6)7/h8-11H,16H2,1-7H3,(H,19,20). The van der Waals surface area contributed by atoms with Crippen molar-refractivity contribution in [3.8, 4) is 0 Å². The molecular weight excluding hydrogens is 288 g/mol. The highest BCUT2D eigenvalue weighted by Gasteiger charge is 2.41. The summed E-state index contributed by atoms with van der Waals surface area (Å²) in [5.41, 5.74) is 4.96. The Bertz CT molecular complexity index is 426. The lowest BCUT2D eigenvalue weighted by atomic mass is 9.99. The Morgan fingerprint density at radius 2 is 1.50 bits per heavy atom. The maximum absolute atomic E-state index is 12.5. The molecule has 0 saturated carbocycles. The maximum atomic E-state index is 12.5. The number of hydrogen-bond acceptors (Lipinski definition) is 5. The number of carbonyl (C=O) groups is 3. The summed E-state index contributed by atoms with van der Waals surface area (Å²) in [6.07, 6.45) is -0.991. The Labute approximate surface area is 131 Å². The van der Waals surface area contributed by atoms with E-state index in [-0.39, 0.29) is 5.92 Å². The minimum atomic E-state index is -1.33. The Morgan fingerprint density at radius 1 is 1.05 bits per heavy atom. The van der Waals surface area contributed by atoms with Gasteiger partial charge in [-0.15, -0.1) is 0 Å². The number of aliphatic carboxylic acids is 1. The summed E-state index contributed by atoms with van der Waals surface area (Å²) in [5, 5.41) is 9.39. The molecule has 0 heterocycles. The second kappa shape index (κ2) is 7.58. The topological polar surface area (TPSA) is 110 Å². The lowest BCUT2D eigenvalue weighted by Crippen LogP contribution is -2.58. The zero-order valence-corrected chi connectivity index (χ0v) is 14.4. The minimum Gasteiger partial charge on any atom is -0.480 e. The van der Waals surface area contributed by atoms with Crippen LogP contribution in [0.25, 0.3) is 0 Å². The molecule has 128 valence electrons. The van der Waals surface area contributed by atoms with Crippen LogP contribution < -0.4 is 5.73 Å². The molecule has 2 amide bonds. The van der Waals surface area contributed by atoms with Crippen LogP contribution in [0, 0.1) is 11.8 Å². The van der Waals surface area contributed by atoms with Crippen molar-refractivity contribution in [3.05, 3.63) is 0 Å². The smallest absolute Gasteiger partial charge is 0.417 e. The average molecular weight is 316 g/mol. The fraction of sp³-hybridized carbons (Fsp3) is 0.800. The van der Waals surface area contributed by atoms with Crippen molar-refractivity contribution in [2.24, 2.45) is 17.6 Å². The second-order valence-electron chi connectivity index (χ2n) is 6.99. The molecule has 0 aliphatic heterocycles. The third kappa shape index (κ3) is 5.63. The van der Waals surface area contributed by atoms with Gasteiger partial charge < -0.3 is 15.6 Å². The van der Waals surface area contributed by atoms with Gasteiger partial charge >= 0.3 is 12.1 Å². The number of carboxylic acids is 1. The zero-order chi connectivity index (χ0) is 17.8. The zero-order valence-electron chi connectivity index (χ0n) is 14.4. The van der Waals surface area contributed by atoms with E-state index in [9.17, 15) is 19.5 Å². The monoisotopic (exact) mass is 316 g/mol. The molecule has 0 aliphatic carbocycles. The first-order chi connectivity index (χ1) is 9.79. The van der Waals surface area contributed by atoms with E-state index in [1.54, 1.807) is 48.5 Å². The number of amides is 2. The van der Waals surface area contributed by atoms with Crippen LogP contribution >= 0.6 is 0 Å². The fourth-order valence-corrected chi connectivity index (χ4v) is 1.79. The predicted octanol–water partition coefficient (Wildman–Crippen LogP) is 1.84. The van der Waals surface area contributed by atoms with Gasteiger partial charge in [0.25, 0.3) is 0 Å². The third-order valence-corrected chi connectivity index (χ3v) is 2.99. The molecule has 2 unspecified atom stereocenters. The Hall–Kier alpha value is -1.63. The molecule has 22 heavy (non-hydrogen) atoms. The van der Waals surface area contributed by atoms with Crippen molar-refractivity contribution in [2.45, 2.75) is 66.2 Å². The van der Waals surface area contributed by atoms with Crippen molar-refractivity contribution in [2.75, 3.05) is 0 Å². The van der Waals surface area contributed by atoms with Gasteiger partial charge in [-0.2, -0.15) is 0 Å². The van der Waals surface area contributed by atoms with Crippen molar-refractivity contribution >= 4 is 18.0 Å². The van der Waals surface area contributed by atoms with Crippen LogP contribution in [-0.4, -0.2) is 45.7 Å². The van der Waals surface area contributed by atoms with Gasteiger partial charge in [0.05, 0.1) is 6.04 Å². The quantitative estimate of drug-likeness (QED) is 0.801. The van der Waals surface area contributed by atoms with Gasteiger partial charge in [-0.1, -0.05) is 27.7 Å². The van der Waals surface area contributed by atoms with Gasteiger partial charge in [0, 0.05) is 0 Å². The van der Waals surface area contributed by atoms with Gasteiger partial charge in [0.15, 0.2) is 0 Å². The van der Waals surface area contributed by atoms with Gasteiger partial charge in [-0.25, -0.2) is 14.5 Å². The lowest BCUT2D eigenvalue weighted by molar-refractivity contribution is -0.152. The largest absolute Gasteiger partial charge is 0.480 e. The summed E-state index contributed by atoms with van der Waals surface area (Å²) < 4.78 is 5.18. The molecule has 7 nitrogen and oxygen atoms in total. The molecule has 7 heteroatoms. The van der Waals surface area contributed by atoms with E-state index in [0.29, 0.717) is 4.90 Å². The van der Waals surface area contributed by atoms with Crippen LogP contribution in [0.2, 0.25) is 0 Å². The molecule has 0 rings (SSSR count). The molecule has 0 bridgehead atoms. The highest BCUT2D eigenvalue weighted by Crippen LogP contribution is 2.19. The minimum absolute atomic E-state index is 0.237. The first kappa shape index (κ1) is 20.4. The first-order valence-corrected chi connectivity index (χ1v) is 7.34. The van der Waals surface area contributed by atoms with Crippen molar-refractivity contribution in [3.63, 3.8) is 0 Å². The fourth-order valence-electron chi connectivity index (χ4n) is 1.79. The highest BCUT2D eigenvalue weighted by atomic mass is 16.6. The number of imide groups is 1. The lowest BCUT2D eigenvalue weighted by Gasteiger charge is -2.33. The molecule has 0 aliphatic rings. The van der Waals surface area contributed by atoms with Crippen LogP contribution in [0.15, 0.2) is 0 Å². The number of ether oxygens (including phenoxy) is 1. The van der Waals surface area contributed by atoms with E-state index < -0.39 is 41.6 Å². The van der Waals surface area contributed by atoms with Gasteiger partial charge in [0.1, 0.15) is 11.6 Å². The van der Waals surface area contributed by atoms with E-state index in [0.717, 1.165) is 0 Å². The molecule has 2 atom stereocenters. The molecule has 0 aromatic heterocycles. The molecule has 0 aromatic carbocycles. The van der Waals surface area contributed by atoms with Crippen molar-refractivity contribution in [1.82, 2.24) is 4.90 Å². The Kier molecular flexibility index (Phi) is 7.02. The number of nitrogens with zero attached hydrogens (tertiary/aromatic N) is 1. The van der Waals surface area contributed by atoms with Gasteiger partial charge in [0.2, 0.25) is 5.91 Å². The summed E-state index contributed by atoms with van der Waals surface area (Å²) in [6, 6.07) is -2.31. The molecule has 0 fully saturated rings. The molecule has 3 N–H and O–H groups in total. The van der Waals surface area contributed by atoms with E-state index >= 15 is 0 Å². The van der Waals surface area contributed by atoms with Gasteiger partial charge in [-0.05, 0) is 32.6 Å². The van der Waals surface area contributed by atoms with Crippen LogP contribution in [0.1, 0.15) is 48.5 Å². The normalized spacial score (nSPS) is 14.6. The van der Waals surface area contributed by atoms with Crippen LogP contribution in [-0.2, 0) is 14.3 Å². The van der Waals surface area contributed by atoms with E-state index in [2.05, 4.69) is 0 Å². The number of rotatable bonds is 5. The predicted molar refractivity (Wildman–Crippen MR) is 82.2 cm³/mol. The average Bonchev–Trinajstić information content (AvgIpc) is 2.30. The summed E-state index contributed by atoms with van der Waals surface area (Å²) in [4.78, 5) is 37.0. The number of carbonyl (C=O) groups excluding carboxylic acids is 2. The summed E-state index contributed by atoms with van der Waals surface area (Å²) in [6.45, 7) is 11.6. The number of carboxylic acid groups (broad SMARTS) is 1. The van der Waals surface area contributed by atoms with E-state index in [1.165, 1.54) is 0 Å². The molecular formula is C15H28N2O5. The van der Waals surface area contributed by atoms with Crippen molar-refractivity contribution < 1.29 is 24.2 Å². The highest BCUT2D eigenvalue weighted by molar-refractivity contribution is 5.99. The molecule has 0 saturated heterocycles. The summed E-state index contributed by atoms with van der Waals surface area (Å²) >= 11 is 0. The van der Waals surface area contributed by atoms with Gasteiger partial charge in [-0.3, -0.25) is 4.79 Å². The SMILES string of the molecule is CC(C)C(N)C(=O)N(C(=O)OC(C)(C)C)C(C(=O)O)C(C)C. The van der Waals surface area contributed by atoms with Crippen LogP contribution in [0.5, 0.6) is 0 Å². The maximum Gasteiger partial charge on any atom is 0.417 e. The van der Waals surface area contributed by atoms with E-state index in [4.69, 9.17) is 10.5 Å². The number of hydrogen-bond donors (Lipinski definition) is 2. The Balaban J connectivity index is 5.71. The van der Waals surface area contributed by atoms with E-state index in [1.807, 2.05) is 0 Å². The van der Waals surface area contributed by atoms with Crippen LogP contribution in [0.3, 0.4) is 0 Å². The summed E-state index contributed by atoms with van der Waals surface area (Å²) in [5.74, 6) is -2.73. The second-order valence-corrected chi connectivity index (χ2v) is 6.99. The number of nitrogens with two attached hydrogens (primary N) is 1. The Morgan fingerprint density at radius 3 is 1.77 bits per heavy atom. The molecule has 0 aromatic rings. The molecule has 0 radical (unpaired) electrons. The third-order valence-electron chi connectivity index (χ3n) is 2.99.